The van der Waals surface area contributed by atoms with Crippen molar-refractivity contribution in [3.05, 3.63) is 40.6 Å². The molecule has 0 saturated carbocycles. The normalized spacial score (nSPS) is 20.9. The minimum absolute atomic E-state index is 0.0775. The Bertz CT molecular complexity index is 1200. The molecule has 0 radical (unpaired) electrons. The molecule has 8 heteroatoms. The summed E-state index contributed by atoms with van der Waals surface area (Å²) in [5.41, 5.74) is 0.195. The van der Waals surface area contributed by atoms with Gasteiger partial charge in [0, 0.05) is 22.8 Å². The fraction of sp³-hybridized carbons (Fsp3) is 0.400. The Morgan fingerprint density at radius 2 is 2.32 bits per heavy atom. The van der Waals surface area contributed by atoms with Crippen molar-refractivity contribution in [1.82, 2.24) is 15.0 Å². The van der Waals surface area contributed by atoms with Crippen molar-refractivity contribution in [2.24, 2.45) is 5.92 Å². The molecule has 0 spiro atoms. The third kappa shape index (κ3) is 3.83. The van der Waals surface area contributed by atoms with Crippen molar-refractivity contribution >= 4 is 33.3 Å². The van der Waals surface area contributed by atoms with E-state index < -0.39 is 12.4 Å². The first-order valence-corrected chi connectivity index (χ1v) is 9.79. The lowest BCUT2D eigenvalue weighted by Gasteiger charge is -2.34. The second kappa shape index (κ2) is 7.10. The Balaban J connectivity index is 1.57. The summed E-state index contributed by atoms with van der Waals surface area (Å²) in [6, 6.07) is 5.00. The van der Waals surface area contributed by atoms with Gasteiger partial charge in [0.25, 0.3) is 5.56 Å². The Kier molecular flexibility index (Phi) is 3.90. The zero-order chi connectivity index (χ0) is 22.4. The lowest BCUT2D eigenvalue weighted by molar-refractivity contribution is -0.130. The first kappa shape index (κ1) is 15.4. The number of nitrogens with one attached hydrogen (secondary N) is 2. The minimum atomic E-state index is -2.51. The number of amides is 1. The van der Waals surface area contributed by atoms with Crippen molar-refractivity contribution in [1.29, 1.82) is 0 Å². The Morgan fingerprint density at radius 3 is 3.11 bits per heavy atom. The van der Waals surface area contributed by atoms with Gasteiger partial charge in [-0.2, -0.15) is 0 Å². The molecule has 1 saturated heterocycles. The van der Waals surface area contributed by atoms with E-state index in [1.807, 2.05) is 13.8 Å². The Morgan fingerprint density at radius 1 is 1.46 bits per heavy atom. The number of carbonyl (C=O) groups is 1. The summed E-state index contributed by atoms with van der Waals surface area (Å²) in [5.74, 6) is -0.559. The zero-order valence-corrected chi connectivity index (χ0v) is 16.4. The van der Waals surface area contributed by atoms with Gasteiger partial charge in [-0.05, 0) is 51.2 Å². The smallest absolute Gasteiger partial charge is 0.258 e. The van der Waals surface area contributed by atoms with Crippen LogP contribution in [0.1, 0.15) is 36.6 Å². The van der Waals surface area contributed by atoms with E-state index in [4.69, 9.17) is 8.85 Å². The molecule has 146 valence electrons. The second-order valence-electron chi connectivity index (χ2n) is 7.46. The Labute approximate surface area is 170 Å². The maximum atomic E-state index is 12.6. The predicted molar refractivity (Wildman–Crippen MR) is 110 cm³/mol. The maximum absolute atomic E-state index is 12.6. The van der Waals surface area contributed by atoms with Crippen LogP contribution in [-0.2, 0) is 9.53 Å². The summed E-state index contributed by atoms with van der Waals surface area (Å²) in [6.07, 6.45) is 2.95. The SMILES string of the molecule is [2H]C([2H])([2H])c1nc2cc(-c3cnc(NC(=O)C4CCOC(C)(C)C4)s3)ccc2c(=O)[nH]1. The number of aryl methyl sites for hydroxylation is 1. The molecule has 0 aliphatic carbocycles. The Hall–Kier alpha value is -2.58. The van der Waals surface area contributed by atoms with Crippen LogP contribution >= 0.6 is 11.3 Å². The van der Waals surface area contributed by atoms with E-state index in [1.54, 1.807) is 24.4 Å². The van der Waals surface area contributed by atoms with Crippen molar-refractivity contribution in [2.75, 3.05) is 11.9 Å². The highest BCUT2D eigenvalue weighted by Crippen LogP contribution is 2.32. The lowest BCUT2D eigenvalue weighted by atomic mass is 9.88. The molecule has 1 atom stereocenters. The van der Waals surface area contributed by atoms with E-state index in [9.17, 15) is 9.59 Å². The van der Waals surface area contributed by atoms with Crippen molar-refractivity contribution in [2.45, 2.75) is 39.1 Å². The van der Waals surface area contributed by atoms with Gasteiger partial charge in [-0.15, -0.1) is 0 Å². The minimum Gasteiger partial charge on any atom is -0.376 e. The van der Waals surface area contributed by atoms with Crippen LogP contribution in [0.25, 0.3) is 21.3 Å². The van der Waals surface area contributed by atoms with Crippen molar-refractivity contribution in [3.63, 3.8) is 0 Å². The lowest BCUT2D eigenvalue weighted by Crippen LogP contribution is -2.39. The van der Waals surface area contributed by atoms with Crippen LogP contribution in [-0.4, -0.2) is 33.1 Å². The molecule has 1 aliphatic heterocycles. The van der Waals surface area contributed by atoms with Gasteiger partial charge >= 0.3 is 0 Å². The molecule has 1 fully saturated rings. The summed E-state index contributed by atoms with van der Waals surface area (Å²) in [6.45, 7) is 1.99. The van der Waals surface area contributed by atoms with Crippen LogP contribution in [0.15, 0.2) is 29.2 Å². The number of aromatic amines is 1. The number of hydrogen-bond acceptors (Lipinski definition) is 6. The first-order valence-electron chi connectivity index (χ1n) is 10.5. The van der Waals surface area contributed by atoms with Crippen LogP contribution in [0.3, 0.4) is 0 Å². The molecular formula is C20H22N4O3S. The molecule has 3 heterocycles. The standard InChI is InChI=1S/C20H22N4O3S/c1-11-22-15-8-12(4-5-14(15)18(26)23-11)16-10-21-19(28-16)24-17(25)13-6-7-27-20(2,3)9-13/h4-5,8,10,13H,6-7,9H2,1-3H3,(H,21,24,25)(H,22,23,26)/i1D3. The van der Waals surface area contributed by atoms with Crippen LogP contribution in [0.5, 0.6) is 0 Å². The number of ether oxygens (including phenoxy) is 1. The maximum Gasteiger partial charge on any atom is 0.258 e. The van der Waals surface area contributed by atoms with E-state index in [0.717, 1.165) is 10.4 Å². The molecule has 1 amide bonds. The van der Waals surface area contributed by atoms with Gasteiger partial charge in [-0.3, -0.25) is 9.59 Å². The van der Waals surface area contributed by atoms with E-state index in [0.29, 0.717) is 30.0 Å². The van der Waals surface area contributed by atoms with Crippen molar-refractivity contribution < 1.29 is 13.6 Å². The molecule has 1 unspecified atom stereocenters. The number of H-pyrrole nitrogens is 1. The molecule has 3 aromatic rings. The largest absolute Gasteiger partial charge is 0.376 e. The first-order chi connectivity index (χ1) is 14.5. The van der Waals surface area contributed by atoms with Gasteiger partial charge in [0.1, 0.15) is 5.82 Å². The molecule has 7 nitrogen and oxygen atoms in total. The number of aromatic nitrogens is 3. The highest BCUT2D eigenvalue weighted by atomic mass is 32.1. The third-order valence-electron chi connectivity index (χ3n) is 4.79. The van der Waals surface area contributed by atoms with E-state index in [-0.39, 0.29) is 28.8 Å². The summed E-state index contributed by atoms with van der Waals surface area (Å²) in [7, 11) is 0. The van der Waals surface area contributed by atoms with Gasteiger partial charge in [0.15, 0.2) is 5.13 Å². The quantitative estimate of drug-likeness (QED) is 0.700. The molecule has 2 N–H and O–H groups in total. The average Bonchev–Trinajstić information content (AvgIpc) is 3.14. The molecule has 0 bridgehead atoms. The van der Waals surface area contributed by atoms with Gasteiger partial charge < -0.3 is 15.0 Å². The number of carbonyl (C=O) groups excluding carboxylic acids is 1. The van der Waals surface area contributed by atoms with E-state index in [1.165, 1.54) is 11.3 Å². The molecule has 28 heavy (non-hydrogen) atoms. The van der Waals surface area contributed by atoms with Gasteiger partial charge in [-0.1, -0.05) is 17.4 Å². The number of thiazole rings is 1. The summed E-state index contributed by atoms with van der Waals surface area (Å²) in [5, 5.41) is 3.66. The fourth-order valence-corrected chi connectivity index (χ4v) is 4.24. The summed E-state index contributed by atoms with van der Waals surface area (Å²) < 4.78 is 28.1. The van der Waals surface area contributed by atoms with Gasteiger partial charge in [0.2, 0.25) is 5.91 Å². The number of hydrogen-bond donors (Lipinski definition) is 2. The highest BCUT2D eigenvalue weighted by Gasteiger charge is 2.33. The number of benzene rings is 1. The van der Waals surface area contributed by atoms with E-state index >= 15 is 0 Å². The monoisotopic (exact) mass is 401 g/mol. The number of nitrogens with zero attached hydrogens (tertiary/aromatic N) is 2. The molecule has 4 rings (SSSR count). The summed E-state index contributed by atoms with van der Waals surface area (Å²) >= 11 is 1.30. The predicted octanol–water partition coefficient (Wildman–Crippen LogP) is 3.50. The topological polar surface area (TPSA) is 97.0 Å². The zero-order valence-electron chi connectivity index (χ0n) is 18.5. The van der Waals surface area contributed by atoms with Crippen molar-refractivity contribution in [3.8, 4) is 10.4 Å². The molecule has 2 aromatic heterocycles. The molecular weight excluding hydrogens is 376 g/mol. The van der Waals surface area contributed by atoms with Crippen LogP contribution < -0.4 is 10.9 Å². The highest BCUT2D eigenvalue weighted by molar-refractivity contribution is 7.19. The molecule has 1 aliphatic rings. The van der Waals surface area contributed by atoms with Gasteiger partial charge in [0.05, 0.1) is 21.4 Å². The van der Waals surface area contributed by atoms with E-state index in [2.05, 4.69) is 20.3 Å². The number of anilines is 1. The van der Waals surface area contributed by atoms with Crippen LogP contribution in [0.2, 0.25) is 0 Å². The third-order valence-corrected chi connectivity index (χ3v) is 5.76. The van der Waals surface area contributed by atoms with Crippen LogP contribution in [0, 0.1) is 12.8 Å². The molecule has 1 aromatic carbocycles. The number of rotatable bonds is 3. The number of fused-ring (bicyclic) bond motifs is 1. The summed E-state index contributed by atoms with van der Waals surface area (Å²) in [4.78, 5) is 36.3. The van der Waals surface area contributed by atoms with Gasteiger partial charge in [-0.25, -0.2) is 9.97 Å². The second-order valence-corrected chi connectivity index (χ2v) is 8.49. The fourth-order valence-electron chi connectivity index (χ4n) is 3.42. The van der Waals surface area contributed by atoms with Crippen LogP contribution in [0.4, 0.5) is 5.13 Å². The average molecular weight is 402 g/mol.